The average molecular weight is 262 g/mol. The maximum absolute atomic E-state index is 11.6. The summed E-state index contributed by atoms with van der Waals surface area (Å²) < 4.78 is 14.8. The predicted molar refractivity (Wildman–Crippen MR) is 67.5 cm³/mol. The van der Waals surface area contributed by atoms with Gasteiger partial charge in [-0.05, 0) is 12.1 Å². The number of esters is 2. The van der Waals surface area contributed by atoms with E-state index in [0.29, 0.717) is 18.8 Å². The normalized spacial score (nSPS) is 18.4. The van der Waals surface area contributed by atoms with Crippen molar-refractivity contribution in [3.8, 4) is 5.75 Å². The first-order valence-corrected chi connectivity index (χ1v) is 5.89. The molecule has 1 atom stereocenters. The number of carbonyl (C=O) groups excluding carboxylic acids is 2. The van der Waals surface area contributed by atoms with Crippen molar-refractivity contribution < 1.29 is 23.8 Å². The van der Waals surface area contributed by atoms with Crippen LogP contribution in [0.15, 0.2) is 30.3 Å². The summed E-state index contributed by atoms with van der Waals surface area (Å²) in [5, 5.41) is 0. The van der Waals surface area contributed by atoms with Crippen LogP contribution in [0.5, 0.6) is 5.75 Å². The van der Waals surface area contributed by atoms with Crippen molar-refractivity contribution in [3.05, 3.63) is 35.9 Å². The minimum absolute atomic E-state index is 0.299. The van der Waals surface area contributed by atoms with Gasteiger partial charge in [-0.3, -0.25) is 0 Å². The van der Waals surface area contributed by atoms with Gasteiger partial charge in [0.25, 0.3) is 0 Å². The number of methoxy groups -OCH3 is 1. The van der Waals surface area contributed by atoms with Crippen molar-refractivity contribution in [2.75, 3.05) is 13.7 Å². The third kappa shape index (κ3) is 3.34. The maximum atomic E-state index is 11.6. The number of para-hydroxylation sites is 1. The topological polar surface area (TPSA) is 61.8 Å². The molecule has 5 heteroatoms. The highest BCUT2D eigenvalue weighted by atomic mass is 16.6. The van der Waals surface area contributed by atoms with E-state index in [1.165, 1.54) is 6.08 Å². The summed E-state index contributed by atoms with van der Waals surface area (Å²) in [6, 6.07) is 7.27. The third-order valence-electron chi connectivity index (χ3n) is 2.68. The van der Waals surface area contributed by atoms with Crippen molar-refractivity contribution in [1.82, 2.24) is 0 Å². The number of rotatable bonds is 4. The Morgan fingerprint density at radius 1 is 1.42 bits per heavy atom. The molecule has 100 valence electrons. The molecule has 1 aromatic rings. The first kappa shape index (κ1) is 13.1. The fourth-order valence-corrected chi connectivity index (χ4v) is 1.73. The Hall–Kier alpha value is -2.30. The first-order valence-electron chi connectivity index (χ1n) is 5.89. The number of hydrogen-bond donors (Lipinski definition) is 0. The molecule has 0 amide bonds. The van der Waals surface area contributed by atoms with Crippen LogP contribution >= 0.6 is 0 Å². The van der Waals surface area contributed by atoms with E-state index in [4.69, 9.17) is 14.2 Å². The first-order chi connectivity index (χ1) is 9.20. The molecule has 0 saturated carbocycles. The molecule has 1 saturated heterocycles. The van der Waals surface area contributed by atoms with Gasteiger partial charge in [0, 0.05) is 18.1 Å². The quantitative estimate of drug-likeness (QED) is 0.608. The molecular formula is C14H14O5. The molecule has 0 unspecified atom stereocenters. The molecule has 0 aromatic heterocycles. The molecule has 0 bridgehead atoms. The molecule has 0 N–H and O–H groups in total. The number of ether oxygens (including phenoxy) is 3. The highest BCUT2D eigenvalue weighted by Crippen LogP contribution is 2.19. The zero-order valence-corrected chi connectivity index (χ0v) is 10.5. The van der Waals surface area contributed by atoms with Gasteiger partial charge in [0.15, 0.2) is 0 Å². The lowest BCUT2D eigenvalue weighted by atomic mass is 10.2. The third-order valence-corrected chi connectivity index (χ3v) is 2.68. The van der Waals surface area contributed by atoms with Crippen LogP contribution in [-0.4, -0.2) is 31.8 Å². The van der Waals surface area contributed by atoms with Gasteiger partial charge in [-0.15, -0.1) is 0 Å². The summed E-state index contributed by atoms with van der Waals surface area (Å²) in [5.41, 5.74) is 0.760. The van der Waals surface area contributed by atoms with Crippen LogP contribution in [0.25, 0.3) is 6.08 Å². The summed E-state index contributed by atoms with van der Waals surface area (Å²) in [5.74, 6) is -0.402. The van der Waals surface area contributed by atoms with Crippen LogP contribution < -0.4 is 4.74 Å². The molecule has 0 radical (unpaired) electrons. The number of benzene rings is 1. The van der Waals surface area contributed by atoms with Gasteiger partial charge >= 0.3 is 11.9 Å². The molecule has 5 nitrogen and oxygen atoms in total. The molecule has 0 aliphatic carbocycles. The molecular weight excluding hydrogens is 248 g/mol. The van der Waals surface area contributed by atoms with E-state index in [1.54, 1.807) is 19.3 Å². The fourth-order valence-electron chi connectivity index (χ4n) is 1.73. The smallest absolute Gasteiger partial charge is 0.347 e. The van der Waals surface area contributed by atoms with E-state index in [1.807, 2.05) is 18.2 Å². The molecule has 19 heavy (non-hydrogen) atoms. The van der Waals surface area contributed by atoms with Crippen LogP contribution in [0.4, 0.5) is 0 Å². The van der Waals surface area contributed by atoms with Crippen LogP contribution in [0, 0.1) is 0 Å². The Morgan fingerprint density at radius 2 is 2.21 bits per heavy atom. The Labute approximate surface area is 110 Å². The average Bonchev–Trinajstić information content (AvgIpc) is 2.82. The van der Waals surface area contributed by atoms with Gasteiger partial charge in [-0.25, -0.2) is 9.59 Å². The van der Waals surface area contributed by atoms with Crippen LogP contribution in [0.1, 0.15) is 12.0 Å². The standard InChI is InChI=1S/C14H14O5/c1-17-11-5-3-2-4-10(11)6-7-13(15)19-12-8-9-18-14(12)16/h2-7,12H,8-9H2,1H3/b7-6+/t12-/m1/s1. The molecule has 1 fully saturated rings. The molecule has 1 aromatic carbocycles. The monoisotopic (exact) mass is 262 g/mol. The Bertz CT molecular complexity index is 506. The van der Waals surface area contributed by atoms with Crippen molar-refractivity contribution >= 4 is 18.0 Å². The van der Waals surface area contributed by atoms with Crippen LogP contribution in [-0.2, 0) is 19.1 Å². The van der Waals surface area contributed by atoms with E-state index in [-0.39, 0.29) is 0 Å². The van der Waals surface area contributed by atoms with Gasteiger partial charge in [0.05, 0.1) is 13.7 Å². The largest absolute Gasteiger partial charge is 0.496 e. The van der Waals surface area contributed by atoms with Gasteiger partial charge in [0.1, 0.15) is 5.75 Å². The maximum Gasteiger partial charge on any atom is 0.347 e. The highest BCUT2D eigenvalue weighted by Gasteiger charge is 2.29. The van der Waals surface area contributed by atoms with Gasteiger partial charge in [-0.1, -0.05) is 18.2 Å². The Balaban J connectivity index is 1.98. The lowest BCUT2D eigenvalue weighted by Crippen LogP contribution is -2.21. The minimum atomic E-state index is -0.783. The second-order valence-electron chi connectivity index (χ2n) is 3.96. The van der Waals surface area contributed by atoms with E-state index >= 15 is 0 Å². The Kier molecular flexibility index (Phi) is 4.18. The fraction of sp³-hybridized carbons (Fsp3) is 0.286. The van der Waals surface area contributed by atoms with Gasteiger partial charge in [0.2, 0.25) is 6.10 Å². The summed E-state index contributed by atoms with van der Waals surface area (Å²) in [6.07, 6.45) is 2.48. The molecule has 1 aliphatic heterocycles. The highest BCUT2D eigenvalue weighted by molar-refractivity contribution is 5.90. The second kappa shape index (κ2) is 6.04. The predicted octanol–water partition coefficient (Wildman–Crippen LogP) is 1.57. The van der Waals surface area contributed by atoms with Crippen molar-refractivity contribution in [1.29, 1.82) is 0 Å². The van der Waals surface area contributed by atoms with E-state index in [2.05, 4.69) is 0 Å². The number of carbonyl (C=O) groups is 2. The summed E-state index contributed by atoms with van der Waals surface area (Å²) in [7, 11) is 1.56. The SMILES string of the molecule is COc1ccccc1/C=C/C(=O)O[C@@H]1CCOC1=O. The minimum Gasteiger partial charge on any atom is -0.496 e. The van der Waals surface area contributed by atoms with E-state index < -0.39 is 18.0 Å². The van der Waals surface area contributed by atoms with Crippen LogP contribution in [0.2, 0.25) is 0 Å². The van der Waals surface area contributed by atoms with E-state index in [0.717, 1.165) is 5.56 Å². The molecule has 2 rings (SSSR count). The second-order valence-corrected chi connectivity index (χ2v) is 3.96. The number of hydrogen-bond acceptors (Lipinski definition) is 5. The van der Waals surface area contributed by atoms with Crippen molar-refractivity contribution in [2.24, 2.45) is 0 Å². The van der Waals surface area contributed by atoms with Crippen molar-refractivity contribution in [2.45, 2.75) is 12.5 Å². The summed E-state index contributed by atoms with van der Waals surface area (Å²) in [6.45, 7) is 0.299. The van der Waals surface area contributed by atoms with Crippen molar-refractivity contribution in [3.63, 3.8) is 0 Å². The number of cyclic esters (lactones) is 1. The lowest BCUT2D eigenvalue weighted by molar-refractivity contribution is -0.156. The lowest BCUT2D eigenvalue weighted by Gasteiger charge is -2.06. The van der Waals surface area contributed by atoms with Crippen LogP contribution in [0.3, 0.4) is 0 Å². The Morgan fingerprint density at radius 3 is 2.89 bits per heavy atom. The molecule has 1 heterocycles. The summed E-state index contributed by atoms with van der Waals surface area (Å²) >= 11 is 0. The molecule has 1 aliphatic rings. The van der Waals surface area contributed by atoms with E-state index in [9.17, 15) is 9.59 Å². The zero-order valence-electron chi connectivity index (χ0n) is 10.5. The zero-order chi connectivity index (χ0) is 13.7. The molecule has 0 spiro atoms. The summed E-state index contributed by atoms with van der Waals surface area (Å²) in [4.78, 5) is 22.7. The van der Waals surface area contributed by atoms with Gasteiger partial charge in [-0.2, -0.15) is 0 Å². The van der Waals surface area contributed by atoms with Gasteiger partial charge < -0.3 is 14.2 Å².